The second-order valence-corrected chi connectivity index (χ2v) is 4.15. The van der Waals surface area contributed by atoms with Crippen LogP contribution in [0.4, 0.5) is 5.82 Å². The molecule has 0 atom stereocenters. The van der Waals surface area contributed by atoms with E-state index in [1.807, 2.05) is 0 Å². The van der Waals surface area contributed by atoms with Crippen LogP contribution in [0.15, 0.2) is 22.9 Å². The van der Waals surface area contributed by atoms with E-state index in [4.69, 9.17) is 21.9 Å². The van der Waals surface area contributed by atoms with Crippen molar-refractivity contribution in [1.82, 2.24) is 15.3 Å². The summed E-state index contributed by atoms with van der Waals surface area (Å²) in [7, 11) is 0. The van der Waals surface area contributed by atoms with Gasteiger partial charge in [0.1, 0.15) is 5.76 Å². The molecule has 0 spiro atoms. The van der Waals surface area contributed by atoms with Gasteiger partial charge in [-0.3, -0.25) is 4.79 Å². The number of hydrogen-bond acceptors (Lipinski definition) is 6. The molecule has 4 N–H and O–H groups in total. The number of rotatable bonds is 4. The number of hydrogen-bond donors (Lipinski definition) is 3. The first-order valence-electron chi connectivity index (χ1n) is 5.42. The topological polar surface area (TPSA) is 106 Å². The molecule has 0 aliphatic heterocycles. The van der Waals surface area contributed by atoms with Crippen molar-refractivity contribution in [3.05, 3.63) is 40.7 Å². The minimum absolute atomic E-state index is 0.196. The Morgan fingerprint density at radius 3 is 2.84 bits per heavy atom. The molecule has 2 aromatic rings. The number of halogens is 1. The maximum atomic E-state index is 11.8. The second-order valence-electron chi connectivity index (χ2n) is 3.75. The summed E-state index contributed by atoms with van der Waals surface area (Å²) < 4.78 is 5.24. The Balaban J connectivity index is 2.01. The van der Waals surface area contributed by atoms with Crippen LogP contribution in [-0.2, 0) is 6.54 Å². The number of amides is 1. The summed E-state index contributed by atoms with van der Waals surface area (Å²) in [5, 5.41) is 2.91. The van der Waals surface area contributed by atoms with E-state index in [2.05, 4.69) is 20.7 Å². The van der Waals surface area contributed by atoms with Crippen LogP contribution in [0.5, 0.6) is 0 Å². The smallest absolute Gasteiger partial charge is 0.253 e. The first-order chi connectivity index (χ1) is 9.10. The predicted molar refractivity (Wildman–Crippen MR) is 69.5 cm³/mol. The summed E-state index contributed by atoms with van der Waals surface area (Å²) in [4.78, 5) is 19.7. The molecule has 0 bridgehead atoms. The lowest BCUT2D eigenvalue weighted by Crippen LogP contribution is -2.23. The van der Waals surface area contributed by atoms with Crippen LogP contribution in [0.25, 0.3) is 0 Å². The average Bonchev–Trinajstić information content (AvgIpc) is 2.81. The highest BCUT2D eigenvalue weighted by molar-refractivity contribution is 6.33. The summed E-state index contributed by atoms with van der Waals surface area (Å²) in [5.41, 5.74) is 2.65. The summed E-state index contributed by atoms with van der Waals surface area (Å²) in [6, 6.07) is 1.47. The van der Waals surface area contributed by atoms with Crippen molar-refractivity contribution in [1.29, 1.82) is 0 Å². The molecule has 0 aromatic carbocycles. The molecule has 0 unspecified atom stereocenters. The quantitative estimate of drug-likeness (QED) is 0.575. The largest absolute Gasteiger partial charge is 0.444 e. The van der Waals surface area contributed by atoms with Crippen LogP contribution in [0.2, 0.25) is 5.02 Å². The molecule has 8 heteroatoms. The summed E-state index contributed by atoms with van der Waals surface area (Å²) >= 11 is 5.88. The monoisotopic (exact) mass is 281 g/mol. The van der Waals surface area contributed by atoms with Gasteiger partial charge in [0, 0.05) is 6.20 Å². The van der Waals surface area contributed by atoms with E-state index < -0.39 is 0 Å². The van der Waals surface area contributed by atoms with Crippen molar-refractivity contribution in [2.75, 3.05) is 5.43 Å². The minimum Gasteiger partial charge on any atom is -0.444 e. The highest BCUT2D eigenvalue weighted by Crippen LogP contribution is 2.18. The molecular weight excluding hydrogens is 270 g/mol. The van der Waals surface area contributed by atoms with E-state index >= 15 is 0 Å². The van der Waals surface area contributed by atoms with Crippen molar-refractivity contribution in [2.24, 2.45) is 5.84 Å². The Kier molecular flexibility index (Phi) is 3.98. The Morgan fingerprint density at radius 2 is 2.26 bits per heavy atom. The molecule has 1 amide bonds. The van der Waals surface area contributed by atoms with Gasteiger partial charge in [0.25, 0.3) is 5.91 Å². The maximum absolute atomic E-state index is 11.8. The SMILES string of the molecule is Cc1cnc(CNC(=O)c2cnc(NN)c(Cl)c2)o1. The molecule has 0 fully saturated rings. The minimum atomic E-state index is -0.325. The lowest BCUT2D eigenvalue weighted by atomic mass is 10.2. The molecule has 19 heavy (non-hydrogen) atoms. The molecular formula is C11H12ClN5O2. The average molecular weight is 282 g/mol. The number of anilines is 1. The molecule has 2 aromatic heterocycles. The van der Waals surface area contributed by atoms with E-state index in [9.17, 15) is 4.79 Å². The Bertz CT molecular complexity index is 599. The number of aromatic nitrogens is 2. The van der Waals surface area contributed by atoms with E-state index in [-0.39, 0.29) is 17.5 Å². The van der Waals surface area contributed by atoms with Gasteiger partial charge in [-0.1, -0.05) is 11.6 Å². The number of hydrazine groups is 1. The van der Waals surface area contributed by atoms with Crippen molar-refractivity contribution in [2.45, 2.75) is 13.5 Å². The summed E-state index contributed by atoms with van der Waals surface area (Å²) in [6.45, 7) is 1.97. The number of oxazole rings is 1. The number of carbonyl (C=O) groups excluding carboxylic acids is 1. The van der Waals surface area contributed by atoms with Crippen LogP contribution >= 0.6 is 11.6 Å². The Hall–Kier alpha value is -2.12. The lowest BCUT2D eigenvalue weighted by Gasteiger charge is -2.05. The third kappa shape index (κ3) is 3.21. The molecule has 7 nitrogen and oxygen atoms in total. The normalized spacial score (nSPS) is 10.3. The van der Waals surface area contributed by atoms with E-state index in [0.717, 1.165) is 0 Å². The summed E-state index contributed by atoms with van der Waals surface area (Å²) in [5.74, 6) is 6.30. The third-order valence-electron chi connectivity index (χ3n) is 2.31. The van der Waals surface area contributed by atoms with Crippen molar-refractivity contribution >= 4 is 23.3 Å². The van der Waals surface area contributed by atoms with Crippen LogP contribution in [0, 0.1) is 6.92 Å². The van der Waals surface area contributed by atoms with Gasteiger partial charge in [0.2, 0.25) is 5.89 Å². The van der Waals surface area contributed by atoms with Crippen LogP contribution in [0.3, 0.4) is 0 Å². The van der Waals surface area contributed by atoms with Gasteiger partial charge >= 0.3 is 0 Å². The van der Waals surface area contributed by atoms with Gasteiger partial charge in [-0.25, -0.2) is 15.8 Å². The lowest BCUT2D eigenvalue weighted by molar-refractivity contribution is 0.0947. The van der Waals surface area contributed by atoms with E-state index in [0.29, 0.717) is 23.0 Å². The predicted octanol–water partition coefficient (Wildman–Crippen LogP) is 1.25. The highest BCUT2D eigenvalue weighted by Gasteiger charge is 2.10. The van der Waals surface area contributed by atoms with Crippen LogP contribution in [-0.4, -0.2) is 15.9 Å². The van der Waals surface area contributed by atoms with Crippen molar-refractivity contribution in [3.8, 4) is 0 Å². The fraction of sp³-hybridized carbons (Fsp3) is 0.182. The fourth-order valence-corrected chi connectivity index (χ4v) is 1.63. The van der Waals surface area contributed by atoms with Gasteiger partial charge in [0.05, 0.1) is 23.3 Å². The molecule has 2 heterocycles. The molecule has 0 radical (unpaired) electrons. The summed E-state index contributed by atoms with van der Waals surface area (Å²) in [6.07, 6.45) is 2.96. The number of nitrogens with two attached hydrogens (primary N) is 1. The Morgan fingerprint density at radius 1 is 1.47 bits per heavy atom. The van der Waals surface area contributed by atoms with Crippen LogP contribution in [0.1, 0.15) is 22.0 Å². The zero-order chi connectivity index (χ0) is 13.8. The van der Waals surface area contributed by atoms with Gasteiger partial charge in [-0.2, -0.15) is 0 Å². The fourth-order valence-electron chi connectivity index (χ4n) is 1.41. The molecule has 2 rings (SSSR count). The van der Waals surface area contributed by atoms with Gasteiger partial charge in [-0.15, -0.1) is 0 Å². The van der Waals surface area contributed by atoms with Crippen LogP contribution < -0.4 is 16.6 Å². The van der Waals surface area contributed by atoms with Gasteiger partial charge in [-0.05, 0) is 13.0 Å². The number of nitrogen functional groups attached to an aromatic ring is 1. The Labute approximate surface area is 114 Å². The zero-order valence-corrected chi connectivity index (χ0v) is 10.9. The maximum Gasteiger partial charge on any atom is 0.253 e. The van der Waals surface area contributed by atoms with Gasteiger partial charge < -0.3 is 15.2 Å². The number of pyridine rings is 1. The number of carbonyl (C=O) groups is 1. The molecule has 0 saturated heterocycles. The van der Waals surface area contributed by atoms with E-state index in [1.54, 1.807) is 13.1 Å². The van der Waals surface area contributed by atoms with E-state index in [1.165, 1.54) is 12.3 Å². The highest BCUT2D eigenvalue weighted by atomic mass is 35.5. The number of nitrogens with one attached hydrogen (secondary N) is 2. The second kappa shape index (κ2) is 5.68. The zero-order valence-electron chi connectivity index (χ0n) is 10.1. The molecule has 100 valence electrons. The van der Waals surface area contributed by atoms with Crippen molar-refractivity contribution in [3.63, 3.8) is 0 Å². The standard InChI is InChI=1S/C11H12ClN5O2/c1-6-3-14-9(19-6)5-16-11(18)7-2-8(12)10(17-13)15-4-7/h2-4H,5,13H2,1H3,(H,15,17)(H,16,18). The third-order valence-corrected chi connectivity index (χ3v) is 2.60. The molecule has 0 saturated carbocycles. The number of nitrogens with zero attached hydrogens (tertiary/aromatic N) is 2. The first kappa shape index (κ1) is 13.3. The molecule has 0 aliphatic carbocycles. The molecule has 0 aliphatic rings. The van der Waals surface area contributed by atoms with Crippen molar-refractivity contribution < 1.29 is 9.21 Å². The van der Waals surface area contributed by atoms with Gasteiger partial charge in [0.15, 0.2) is 5.82 Å². The number of aryl methyl sites for hydroxylation is 1. The first-order valence-corrected chi connectivity index (χ1v) is 5.79.